The Bertz CT molecular complexity index is 989. The van der Waals surface area contributed by atoms with E-state index < -0.39 is 9.84 Å². The summed E-state index contributed by atoms with van der Waals surface area (Å²) < 4.78 is 23.1. The highest BCUT2D eigenvalue weighted by atomic mass is 127. The van der Waals surface area contributed by atoms with Crippen molar-refractivity contribution in [3.8, 4) is 0 Å². The van der Waals surface area contributed by atoms with Crippen LogP contribution in [0.1, 0.15) is 31.9 Å². The summed E-state index contributed by atoms with van der Waals surface area (Å²) in [5.41, 5.74) is 2.87. The van der Waals surface area contributed by atoms with Crippen molar-refractivity contribution in [1.82, 2.24) is 10.6 Å². The number of benzene rings is 2. The number of rotatable bonds is 9. The third kappa shape index (κ3) is 9.56. The van der Waals surface area contributed by atoms with Crippen LogP contribution in [0.4, 0.5) is 5.69 Å². The Hall–Kier alpha value is -2.14. The monoisotopic (exact) mass is 572 g/mol. The molecule has 3 N–H and O–H groups in total. The molecule has 0 saturated heterocycles. The van der Waals surface area contributed by atoms with Crippen LogP contribution in [0.2, 0.25) is 0 Å². The second-order valence-corrected chi connectivity index (χ2v) is 9.64. The molecule has 2 aromatic rings. The molecule has 0 bridgehead atoms. The van der Waals surface area contributed by atoms with Crippen LogP contribution in [-0.4, -0.2) is 39.6 Å². The second-order valence-electron chi connectivity index (χ2n) is 7.63. The predicted molar refractivity (Wildman–Crippen MR) is 141 cm³/mol. The third-order valence-electron chi connectivity index (χ3n) is 4.57. The van der Waals surface area contributed by atoms with E-state index in [0.29, 0.717) is 23.9 Å². The average molecular weight is 573 g/mol. The molecule has 0 aliphatic heterocycles. The van der Waals surface area contributed by atoms with E-state index in [1.54, 1.807) is 12.1 Å². The van der Waals surface area contributed by atoms with Gasteiger partial charge in [0.05, 0.1) is 11.4 Å². The SMILES string of the molecule is CCNC(=NCc1ccc(NC(=O)C(C)C)cc1)NCCc1ccc(S(C)(=O)=O)cc1.I. The number of sulfone groups is 1. The van der Waals surface area contributed by atoms with E-state index in [-0.39, 0.29) is 35.8 Å². The number of nitrogens with zero attached hydrogens (tertiary/aromatic N) is 1. The van der Waals surface area contributed by atoms with Gasteiger partial charge in [0, 0.05) is 31.0 Å². The van der Waals surface area contributed by atoms with Crippen LogP contribution in [0.25, 0.3) is 0 Å². The van der Waals surface area contributed by atoms with Crippen molar-refractivity contribution < 1.29 is 13.2 Å². The zero-order valence-electron chi connectivity index (χ0n) is 19.0. The first kappa shape index (κ1) is 27.9. The topological polar surface area (TPSA) is 99.7 Å². The van der Waals surface area contributed by atoms with Crippen LogP contribution in [0, 0.1) is 5.92 Å². The van der Waals surface area contributed by atoms with Gasteiger partial charge in [0.15, 0.2) is 15.8 Å². The summed E-state index contributed by atoms with van der Waals surface area (Å²) in [4.78, 5) is 16.7. The molecule has 9 heteroatoms. The Morgan fingerprint density at radius 3 is 2.09 bits per heavy atom. The zero-order chi connectivity index (χ0) is 22.9. The van der Waals surface area contributed by atoms with Gasteiger partial charge in [-0.25, -0.2) is 13.4 Å². The average Bonchev–Trinajstić information content (AvgIpc) is 2.72. The molecule has 7 nitrogen and oxygen atoms in total. The lowest BCUT2D eigenvalue weighted by Crippen LogP contribution is -2.38. The molecule has 0 aromatic heterocycles. The summed E-state index contributed by atoms with van der Waals surface area (Å²) in [5.74, 6) is 0.651. The van der Waals surface area contributed by atoms with Crippen molar-refractivity contribution in [2.24, 2.45) is 10.9 Å². The second kappa shape index (κ2) is 13.4. The Balaban J connectivity index is 0.00000512. The third-order valence-corrected chi connectivity index (χ3v) is 5.70. The standard InChI is InChI=1S/C23H32N4O3S.HI/c1-5-24-23(25-15-14-18-8-12-21(13-9-18)31(4,29)30)26-16-19-6-10-20(11-7-19)27-22(28)17(2)3;/h6-13,17H,5,14-16H2,1-4H3,(H,27,28)(H2,24,25,26);1H. The van der Waals surface area contributed by atoms with Crippen LogP contribution >= 0.6 is 24.0 Å². The highest BCUT2D eigenvalue weighted by molar-refractivity contribution is 14.0. The van der Waals surface area contributed by atoms with Gasteiger partial charge in [-0.1, -0.05) is 38.1 Å². The van der Waals surface area contributed by atoms with Crippen LogP contribution in [0.3, 0.4) is 0 Å². The number of anilines is 1. The Morgan fingerprint density at radius 1 is 0.969 bits per heavy atom. The fourth-order valence-electron chi connectivity index (χ4n) is 2.72. The maximum Gasteiger partial charge on any atom is 0.226 e. The van der Waals surface area contributed by atoms with Gasteiger partial charge in [-0.2, -0.15) is 0 Å². The molecule has 176 valence electrons. The number of halogens is 1. The summed E-state index contributed by atoms with van der Waals surface area (Å²) >= 11 is 0. The van der Waals surface area contributed by atoms with Crippen LogP contribution < -0.4 is 16.0 Å². The Morgan fingerprint density at radius 2 is 1.56 bits per heavy atom. The number of carbonyl (C=O) groups excluding carboxylic acids is 1. The number of hydrogen-bond donors (Lipinski definition) is 3. The normalized spacial score (nSPS) is 11.6. The minimum Gasteiger partial charge on any atom is -0.357 e. The van der Waals surface area contributed by atoms with Crippen molar-refractivity contribution in [3.05, 3.63) is 59.7 Å². The van der Waals surface area contributed by atoms with E-state index in [2.05, 4.69) is 20.9 Å². The highest BCUT2D eigenvalue weighted by Crippen LogP contribution is 2.12. The van der Waals surface area contributed by atoms with Gasteiger partial charge in [0.1, 0.15) is 0 Å². The van der Waals surface area contributed by atoms with Crippen molar-refractivity contribution in [2.75, 3.05) is 24.7 Å². The first-order valence-corrected chi connectivity index (χ1v) is 12.3. The molecular formula is C23H33IN4O3S. The number of amides is 1. The molecule has 1 amide bonds. The maximum atomic E-state index is 11.8. The summed E-state index contributed by atoms with van der Waals surface area (Å²) in [6.45, 7) is 7.65. The molecule has 0 heterocycles. The molecule has 0 aliphatic rings. The van der Waals surface area contributed by atoms with E-state index in [9.17, 15) is 13.2 Å². The first-order chi connectivity index (χ1) is 14.7. The summed E-state index contributed by atoms with van der Waals surface area (Å²) in [6, 6.07) is 14.6. The van der Waals surface area contributed by atoms with E-state index in [1.807, 2.05) is 57.2 Å². The lowest BCUT2D eigenvalue weighted by atomic mass is 10.1. The Labute approximate surface area is 208 Å². The summed E-state index contributed by atoms with van der Waals surface area (Å²) in [7, 11) is -3.17. The van der Waals surface area contributed by atoms with Gasteiger partial charge in [-0.3, -0.25) is 4.79 Å². The summed E-state index contributed by atoms with van der Waals surface area (Å²) in [5, 5.41) is 9.39. The molecule has 0 atom stereocenters. The van der Waals surface area contributed by atoms with Gasteiger partial charge >= 0.3 is 0 Å². The molecule has 2 rings (SSSR count). The predicted octanol–water partition coefficient (Wildman–Crippen LogP) is 3.60. The van der Waals surface area contributed by atoms with Gasteiger partial charge in [-0.15, -0.1) is 24.0 Å². The molecule has 2 aromatic carbocycles. The fraction of sp³-hybridized carbons (Fsp3) is 0.391. The quantitative estimate of drug-likeness (QED) is 0.242. The molecule has 0 saturated carbocycles. The number of guanidine groups is 1. The fourth-order valence-corrected chi connectivity index (χ4v) is 3.35. The Kier molecular flexibility index (Phi) is 11.7. The molecule has 0 radical (unpaired) electrons. The molecule has 0 unspecified atom stereocenters. The number of nitrogens with one attached hydrogen (secondary N) is 3. The minimum absolute atomic E-state index is 0. The van der Waals surface area contributed by atoms with Crippen LogP contribution in [-0.2, 0) is 27.6 Å². The zero-order valence-corrected chi connectivity index (χ0v) is 22.2. The van der Waals surface area contributed by atoms with E-state index in [4.69, 9.17) is 0 Å². The summed E-state index contributed by atoms with van der Waals surface area (Å²) in [6.07, 6.45) is 1.96. The van der Waals surface area contributed by atoms with Gasteiger partial charge in [-0.05, 0) is 48.7 Å². The molecular weight excluding hydrogens is 539 g/mol. The van der Waals surface area contributed by atoms with E-state index >= 15 is 0 Å². The number of aliphatic imine (C=N–C) groups is 1. The molecule has 0 fully saturated rings. The first-order valence-electron chi connectivity index (χ1n) is 10.4. The molecule has 32 heavy (non-hydrogen) atoms. The lowest BCUT2D eigenvalue weighted by Gasteiger charge is -2.12. The molecule has 0 spiro atoms. The van der Waals surface area contributed by atoms with Crippen molar-refractivity contribution in [2.45, 2.75) is 38.6 Å². The number of hydrogen-bond acceptors (Lipinski definition) is 4. The van der Waals surface area contributed by atoms with E-state index in [1.165, 1.54) is 6.26 Å². The van der Waals surface area contributed by atoms with E-state index in [0.717, 1.165) is 29.8 Å². The largest absolute Gasteiger partial charge is 0.357 e. The van der Waals surface area contributed by atoms with Gasteiger partial charge in [0.25, 0.3) is 0 Å². The highest BCUT2D eigenvalue weighted by Gasteiger charge is 2.07. The van der Waals surface area contributed by atoms with Crippen molar-refractivity contribution >= 4 is 51.4 Å². The van der Waals surface area contributed by atoms with Crippen molar-refractivity contribution in [3.63, 3.8) is 0 Å². The number of carbonyl (C=O) groups is 1. The molecule has 0 aliphatic carbocycles. The van der Waals surface area contributed by atoms with Gasteiger partial charge in [0.2, 0.25) is 5.91 Å². The smallest absolute Gasteiger partial charge is 0.226 e. The van der Waals surface area contributed by atoms with Crippen LogP contribution in [0.15, 0.2) is 58.4 Å². The lowest BCUT2D eigenvalue weighted by molar-refractivity contribution is -0.118. The van der Waals surface area contributed by atoms with Crippen LogP contribution in [0.5, 0.6) is 0 Å². The van der Waals surface area contributed by atoms with Crippen molar-refractivity contribution in [1.29, 1.82) is 0 Å². The van der Waals surface area contributed by atoms with Gasteiger partial charge < -0.3 is 16.0 Å². The minimum atomic E-state index is -3.17. The maximum absolute atomic E-state index is 11.8.